The number of aliphatic hydroxyl groups excluding tert-OH is 1. The van der Waals surface area contributed by atoms with Crippen LogP contribution < -0.4 is 5.73 Å². The van der Waals surface area contributed by atoms with E-state index in [9.17, 15) is 10.2 Å². The summed E-state index contributed by atoms with van der Waals surface area (Å²) in [6.07, 6.45) is 10.9. The smallest absolute Gasteiger partial charge is 0.188 e. The molecule has 0 amide bonds. The van der Waals surface area contributed by atoms with Crippen molar-refractivity contribution in [2.45, 2.75) is 122 Å². The van der Waals surface area contributed by atoms with Crippen molar-refractivity contribution < 1.29 is 19.7 Å². The van der Waals surface area contributed by atoms with Crippen LogP contribution in [0.4, 0.5) is 0 Å². The number of nitrogens with two attached hydrogens (primary N) is 1. The summed E-state index contributed by atoms with van der Waals surface area (Å²) in [7, 11) is 0. The van der Waals surface area contributed by atoms with Crippen LogP contribution in [0.1, 0.15) is 91.9 Å². The molecule has 5 atom stereocenters. The summed E-state index contributed by atoms with van der Waals surface area (Å²) in [5.41, 5.74) is 3.13. The van der Waals surface area contributed by atoms with Crippen molar-refractivity contribution in [1.82, 2.24) is 0 Å². The Hall–Kier alpha value is -0.200. The highest BCUT2D eigenvalue weighted by Gasteiger charge is 2.93. The highest BCUT2D eigenvalue weighted by atomic mass is 16.7. The van der Waals surface area contributed by atoms with Gasteiger partial charge in [0.25, 0.3) is 0 Å². The quantitative estimate of drug-likeness (QED) is 0.432. The fraction of sp³-hybridized carbons (Fsp3) is 1.00. The molecule has 0 spiro atoms. The third kappa shape index (κ3) is 3.58. The molecule has 1 saturated carbocycles. The lowest BCUT2D eigenvalue weighted by molar-refractivity contribution is -0.195. The van der Waals surface area contributed by atoms with E-state index in [1.807, 2.05) is 13.8 Å². The predicted octanol–water partition coefficient (Wildman–Crippen LogP) is 3.50. The highest BCUT2D eigenvalue weighted by molar-refractivity contribution is 5.40. The third-order valence-electron chi connectivity index (χ3n) is 6.73. The number of hydrogen-bond donors (Lipinski definition) is 3. The molecule has 0 bridgehead atoms. The van der Waals surface area contributed by atoms with Crippen LogP contribution in [0.5, 0.6) is 0 Å². The summed E-state index contributed by atoms with van der Waals surface area (Å²) in [4.78, 5) is 0. The van der Waals surface area contributed by atoms with Crippen LogP contribution in [0.15, 0.2) is 0 Å². The minimum Gasteiger partial charge on any atom is -0.383 e. The number of ether oxygens (including phenoxy) is 2. The summed E-state index contributed by atoms with van der Waals surface area (Å²) in [5.74, 6) is 0. The molecule has 2 fully saturated rings. The number of fused-ring (bicyclic) bond motifs is 1. The van der Waals surface area contributed by atoms with Crippen LogP contribution in [0, 0.1) is 5.41 Å². The van der Waals surface area contributed by atoms with Gasteiger partial charge in [-0.2, -0.15) is 0 Å². The molecule has 1 saturated heterocycles. The number of rotatable bonds is 13. The van der Waals surface area contributed by atoms with Gasteiger partial charge in [0.1, 0.15) is 11.7 Å². The Morgan fingerprint density at radius 3 is 1.96 bits per heavy atom. The standard InChI is InChI=1S/C21H41NO4/c1-5-6-7-8-9-10-11-12-13-14-15-25-21-18(23)26-17(16(2)22)20(21,24)19(21,3)4/h16-18,23-24H,5-15,22H2,1-4H3/t16-,17+,18+,20+,21-/m0/s1. The van der Waals surface area contributed by atoms with Crippen LogP contribution in [0.3, 0.4) is 0 Å². The molecule has 0 aromatic rings. The molecule has 0 aromatic heterocycles. The summed E-state index contributed by atoms with van der Waals surface area (Å²) in [6.45, 7) is 8.43. The molecule has 154 valence electrons. The van der Waals surface area contributed by atoms with Gasteiger partial charge < -0.3 is 25.4 Å². The Balaban J connectivity index is 1.65. The van der Waals surface area contributed by atoms with Gasteiger partial charge in [0, 0.05) is 18.1 Å². The Kier molecular flexibility index (Phi) is 7.54. The lowest BCUT2D eigenvalue weighted by atomic mass is 9.97. The van der Waals surface area contributed by atoms with E-state index < -0.39 is 29.0 Å². The van der Waals surface area contributed by atoms with Crippen LogP contribution in [-0.4, -0.2) is 46.5 Å². The second-order valence-corrected chi connectivity index (χ2v) is 8.93. The molecular formula is C21H41NO4. The minimum atomic E-state index is -1.22. The zero-order chi connectivity index (χ0) is 19.4. The molecule has 0 radical (unpaired) electrons. The lowest BCUT2D eigenvalue weighted by Gasteiger charge is -2.27. The molecule has 1 heterocycles. The van der Waals surface area contributed by atoms with Crippen molar-refractivity contribution in [3.63, 3.8) is 0 Å². The fourth-order valence-electron chi connectivity index (χ4n) is 4.97. The molecule has 0 unspecified atom stereocenters. The van der Waals surface area contributed by atoms with Crippen molar-refractivity contribution in [1.29, 1.82) is 0 Å². The Bertz CT molecular complexity index is 442. The number of unbranched alkanes of at least 4 members (excludes halogenated alkanes) is 9. The van der Waals surface area contributed by atoms with Crippen LogP contribution in [-0.2, 0) is 9.47 Å². The highest BCUT2D eigenvalue weighted by Crippen LogP contribution is 2.74. The minimum absolute atomic E-state index is 0.362. The van der Waals surface area contributed by atoms with E-state index >= 15 is 0 Å². The summed E-state index contributed by atoms with van der Waals surface area (Å²) >= 11 is 0. The van der Waals surface area contributed by atoms with Crippen molar-refractivity contribution in [3.8, 4) is 0 Å². The SMILES string of the molecule is CCCCCCCCCCCCO[C@]12[C@H](O)O[C@H]([C@H](C)N)[C@@]1(O)C2(C)C. The maximum absolute atomic E-state index is 11.1. The van der Waals surface area contributed by atoms with E-state index in [-0.39, 0.29) is 6.04 Å². The van der Waals surface area contributed by atoms with Gasteiger partial charge in [-0.25, -0.2) is 0 Å². The fourth-order valence-corrected chi connectivity index (χ4v) is 4.97. The van der Waals surface area contributed by atoms with Gasteiger partial charge in [-0.05, 0) is 13.3 Å². The number of aliphatic hydroxyl groups is 2. The molecule has 2 rings (SSSR count). The van der Waals surface area contributed by atoms with Crippen molar-refractivity contribution in [2.75, 3.05) is 6.61 Å². The van der Waals surface area contributed by atoms with E-state index in [1.165, 1.54) is 51.4 Å². The third-order valence-corrected chi connectivity index (χ3v) is 6.73. The van der Waals surface area contributed by atoms with E-state index in [0.717, 1.165) is 12.8 Å². The molecule has 2 aliphatic rings. The second-order valence-electron chi connectivity index (χ2n) is 8.93. The maximum Gasteiger partial charge on any atom is 0.188 e. The Morgan fingerprint density at radius 1 is 1.00 bits per heavy atom. The first kappa shape index (κ1) is 22.1. The van der Waals surface area contributed by atoms with Crippen LogP contribution >= 0.6 is 0 Å². The first-order chi connectivity index (χ1) is 12.3. The van der Waals surface area contributed by atoms with Gasteiger partial charge in [0.2, 0.25) is 0 Å². The largest absolute Gasteiger partial charge is 0.383 e. The topological polar surface area (TPSA) is 84.9 Å². The molecule has 0 aromatic carbocycles. The van der Waals surface area contributed by atoms with E-state index in [2.05, 4.69) is 6.92 Å². The first-order valence-electron chi connectivity index (χ1n) is 10.7. The van der Waals surface area contributed by atoms with E-state index in [1.54, 1.807) is 6.92 Å². The second kappa shape index (κ2) is 8.87. The van der Waals surface area contributed by atoms with Gasteiger partial charge in [-0.3, -0.25) is 0 Å². The molecule has 4 N–H and O–H groups in total. The predicted molar refractivity (Wildman–Crippen MR) is 104 cm³/mol. The monoisotopic (exact) mass is 371 g/mol. The summed E-state index contributed by atoms with van der Waals surface area (Å²) in [5, 5.41) is 21.5. The van der Waals surface area contributed by atoms with Crippen LogP contribution in [0.25, 0.3) is 0 Å². The Labute approximate surface area is 159 Å². The maximum atomic E-state index is 11.1. The molecular weight excluding hydrogens is 330 g/mol. The molecule has 5 heteroatoms. The zero-order valence-electron chi connectivity index (χ0n) is 17.3. The molecule has 5 nitrogen and oxygen atoms in total. The van der Waals surface area contributed by atoms with Crippen molar-refractivity contribution in [3.05, 3.63) is 0 Å². The van der Waals surface area contributed by atoms with Gasteiger partial charge in [0.05, 0.1) is 0 Å². The van der Waals surface area contributed by atoms with Gasteiger partial charge in [-0.15, -0.1) is 0 Å². The van der Waals surface area contributed by atoms with Crippen molar-refractivity contribution in [2.24, 2.45) is 11.1 Å². The van der Waals surface area contributed by atoms with Gasteiger partial charge >= 0.3 is 0 Å². The van der Waals surface area contributed by atoms with Crippen LogP contribution in [0.2, 0.25) is 0 Å². The van der Waals surface area contributed by atoms with Gasteiger partial charge in [-0.1, -0.05) is 78.6 Å². The zero-order valence-corrected chi connectivity index (χ0v) is 17.3. The van der Waals surface area contributed by atoms with E-state index in [0.29, 0.717) is 6.61 Å². The number of hydrogen-bond acceptors (Lipinski definition) is 5. The summed E-state index contributed by atoms with van der Waals surface area (Å²) in [6, 6.07) is -0.362. The van der Waals surface area contributed by atoms with Gasteiger partial charge in [0.15, 0.2) is 11.9 Å². The lowest BCUT2D eigenvalue weighted by Crippen LogP contribution is -2.45. The summed E-state index contributed by atoms with van der Waals surface area (Å²) < 4.78 is 11.6. The van der Waals surface area contributed by atoms with E-state index in [4.69, 9.17) is 15.2 Å². The average Bonchev–Trinajstić information content (AvgIpc) is 2.82. The average molecular weight is 372 g/mol. The molecule has 1 aliphatic heterocycles. The Morgan fingerprint density at radius 2 is 1.50 bits per heavy atom. The first-order valence-corrected chi connectivity index (χ1v) is 10.7. The van der Waals surface area contributed by atoms with Crippen molar-refractivity contribution >= 4 is 0 Å². The molecule has 26 heavy (non-hydrogen) atoms. The normalized spacial score (nSPS) is 36.1. The molecule has 1 aliphatic carbocycles.